The number of carbonyl (C=O) groups excluding carboxylic acids is 1. The van der Waals surface area contributed by atoms with E-state index in [2.05, 4.69) is 0 Å². The van der Waals surface area contributed by atoms with Gasteiger partial charge >= 0.3 is 0 Å². The predicted molar refractivity (Wildman–Crippen MR) is 157 cm³/mol. The van der Waals surface area contributed by atoms with Crippen LogP contribution in [0.15, 0.2) is 54.3 Å². The fourth-order valence-corrected chi connectivity index (χ4v) is 6.07. The third kappa shape index (κ3) is 5.42. The zero-order valence-corrected chi connectivity index (χ0v) is 24.4. The molecular formula is C32H34O14. The Labute approximate surface area is 261 Å². The van der Waals surface area contributed by atoms with Crippen molar-refractivity contribution in [1.29, 1.82) is 0 Å². The summed E-state index contributed by atoms with van der Waals surface area (Å²) in [6.45, 7) is -1.51. The van der Waals surface area contributed by atoms with E-state index in [4.69, 9.17) is 23.7 Å². The zero-order valence-electron chi connectivity index (χ0n) is 24.4. The van der Waals surface area contributed by atoms with Crippen molar-refractivity contribution in [3.8, 4) is 22.6 Å². The molecule has 0 spiro atoms. The van der Waals surface area contributed by atoms with Crippen LogP contribution in [0.5, 0.6) is 11.5 Å². The molecular weight excluding hydrogens is 608 g/mol. The molecule has 0 amide bonds. The van der Waals surface area contributed by atoms with Crippen LogP contribution in [-0.2, 0) is 18.9 Å². The van der Waals surface area contributed by atoms with Gasteiger partial charge in [-0.25, -0.2) is 0 Å². The maximum Gasteiger partial charge on any atom is 0.229 e. The Morgan fingerprint density at radius 1 is 0.804 bits per heavy atom. The number of allylic oxidation sites excluding steroid dienone is 1. The monoisotopic (exact) mass is 642 g/mol. The van der Waals surface area contributed by atoms with Crippen molar-refractivity contribution >= 4 is 22.6 Å². The Balaban J connectivity index is 1.31. The number of rotatable bonds is 8. The third-order valence-electron chi connectivity index (χ3n) is 8.51. The van der Waals surface area contributed by atoms with E-state index < -0.39 is 80.4 Å². The van der Waals surface area contributed by atoms with Crippen LogP contribution in [-0.4, -0.2) is 128 Å². The lowest BCUT2D eigenvalue weighted by Gasteiger charge is -2.46. The van der Waals surface area contributed by atoms with Crippen molar-refractivity contribution in [2.75, 3.05) is 20.3 Å². The van der Waals surface area contributed by atoms with E-state index in [1.807, 2.05) is 30.3 Å². The minimum Gasteiger partial charge on any atom is -0.504 e. The first kappa shape index (κ1) is 32.3. The highest BCUT2D eigenvalue weighted by atomic mass is 16.7. The van der Waals surface area contributed by atoms with E-state index in [1.165, 1.54) is 19.3 Å². The minimum absolute atomic E-state index is 0.142. The largest absolute Gasteiger partial charge is 0.504 e. The van der Waals surface area contributed by atoms with Crippen molar-refractivity contribution < 1.29 is 69.3 Å². The average molecular weight is 643 g/mol. The molecule has 2 fully saturated rings. The van der Waals surface area contributed by atoms with Crippen LogP contribution in [0.4, 0.5) is 0 Å². The summed E-state index contributed by atoms with van der Waals surface area (Å²) in [5, 5.41) is 83.9. The standard InChI is InChI=1S/C32H34O14/c1-42-17-9-14-10-18(24(36)22-15(13-5-3-2-4-6-13)7-8-16(21(14)22)23(17)35)43-31-29(41)27(39)30(20(12-34)45-31)46-32-28(40)26(38)25(37)19(11-33)44-32/h2-10,19-20,25-35,37-41H,11-12H2,1H3. The molecule has 2 heterocycles. The number of ketones is 1. The highest BCUT2D eigenvalue weighted by Gasteiger charge is 2.51. The van der Waals surface area contributed by atoms with E-state index >= 15 is 0 Å². The van der Waals surface area contributed by atoms with Gasteiger partial charge in [-0.3, -0.25) is 4.79 Å². The second-order valence-corrected chi connectivity index (χ2v) is 11.3. The number of carbonyl (C=O) groups is 1. The average Bonchev–Trinajstić information content (AvgIpc) is 3.07. The van der Waals surface area contributed by atoms with Crippen LogP contribution in [0.25, 0.3) is 28.0 Å². The topological polar surface area (TPSA) is 225 Å². The lowest BCUT2D eigenvalue weighted by Crippen LogP contribution is -2.64. The normalized spacial score (nSPS) is 32.7. The summed E-state index contributed by atoms with van der Waals surface area (Å²) < 4.78 is 27.9. The first-order valence-corrected chi connectivity index (χ1v) is 14.5. The molecule has 6 rings (SSSR count). The molecule has 0 aromatic heterocycles. The summed E-state index contributed by atoms with van der Waals surface area (Å²) in [5.41, 5.74) is 1.93. The van der Waals surface area contributed by atoms with E-state index in [0.29, 0.717) is 27.5 Å². The Bertz CT molecular complexity index is 1620. The number of benzene rings is 3. The van der Waals surface area contributed by atoms with Gasteiger partial charge in [0, 0.05) is 16.3 Å². The Hall–Kier alpha value is -3.67. The van der Waals surface area contributed by atoms with Gasteiger partial charge in [0.1, 0.15) is 48.8 Å². The molecule has 0 radical (unpaired) electrons. The highest BCUT2D eigenvalue weighted by Crippen LogP contribution is 2.45. The van der Waals surface area contributed by atoms with Gasteiger partial charge in [0.2, 0.25) is 12.1 Å². The second-order valence-electron chi connectivity index (χ2n) is 11.3. The maximum atomic E-state index is 14.1. The summed E-state index contributed by atoms with van der Waals surface area (Å²) in [5.74, 6) is -0.889. The van der Waals surface area contributed by atoms with Crippen LogP contribution in [0.2, 0.25) is 0 Å². The molecule has 0 saturated carbocycles. The number of Topliss-reactive ketones (excluding diaryl/α,β-unsaturated/α-hetero) is 1. The smallest absolute Gasteiger partial charge is 0.229 e. The number of aromatic hydroxyl groups is 1. The SMILES string of the molecule is COc1cc2c3c(c(-c4ccccc4)ccc3c1O)C(=O)C(OC1OC(CO)C(OC3OC(CO)C(O)C(O)C3O)C(O)C1O)=C2. The van der Waals surface area contributed by atoms with Crippen LogP contribution in [0.3, 0.4) is 0 Å². The number of phenols is 1. The van der Waals surface area contributed by atoms with Crippen LogP contribution < -0.4 is 4.74 Å². The summed E-state index contributed by atoms with van der Waals surface area (Å²) in [6.07, 6.45) is -15.2. The van der Waals surface area contributed by atoms with Gasteiger partial charge in [-0.1, -0.05) is 36.4 Å². The molecule has 10 unspecified atom stereocenters. The van der Waals surface area contributed by atoms with Gasteiger partial charge in [-0.15, -0.1) is 0 Å². The number of phenolic OH excluding ortho intramolecular Hbond substituents is 1. The van der Waals surface area contributed by atoms with E-state index in [9.17, 15) is 45.6 Å². The van der Waals surface area contributed by atoms with Crippen molar-refractivity contribution in [3.63, 3.8) is 0 Å². The van der Waals surface area contributed by atoms with E-state index in [0.717, 1.165) is 0 Å². The third-order valence-corrected chi connectivity index (χ3v) is 8.51. The van der Waals surface area contributed by atoms with Gasteiger partial charge in [0.25, 0.3) is 0 Å². The van der Waals surface area contributed by atoms with Gasteiger partial charge in [0.15, 0.2) is 23.5 Å². The maximum absolute atomic E-state index is 14.1. The van der Waals surface area contributed by atoms with Gasteiger partial charge in [0.05, 0.1) is 20.3 Å². The van der Waals surface area contributed by atoms with Gasteiger partial charge < -0.3 is 64.5 Å². The molecule has 8 N–H and O–H groups in total. The number of hydrogen-bond donors (Lipinski definition) is 8. The molecule has 14 nitrogen and oxygen atoms in total. The van der Waals surface area contributed by atoms with Crippen molar-refractivity contribution in [1.82, 2.24) is 0 Å². The molecule has 3 aromatic carbocycles. The Morgan fingerprint density at radius 3 is 2.15 bits per heavy atom. The molecule has 14 heteroatoms. The first-order valence-electron chi connectivity index (χ1n) is 14.5. The molecule has 246 valence electrons. The highest BCUT2D eigenvalue weighted by molar-refractivity contribution is 6.26. The second kappa shape index (κ2) is 12.8. The van der Waals surface area contributed by atoms with Gasteiger partial charge in [-0.05, 0) is 34.9 Å². The number of hydrogen-bond acceptors (Lipinski definition) is 14. The first-order chi connectivity index (χ1) is 22.1. The van der Waals surface area contributed by atoms with Crippen molar-refractivity contribution in [3.05, 3.63) is 65.4 Å². The fourth-order valence-electron chi connectivity index (χ4n) is 6.07. The minimum atomic E-state index is -1.87. The fraction of sp³-hybridized carbons (Fsp3) is 0.406. The lowest BCUT2D eigenvalue weighted by atomic mass is 9.85. The number of aliphatic hydroxyl groups excluding tert-OH is 7. The van der Waals surface area contributed by atoms with Gasteiger partial charge in [-0.2, -0.15) is 0 Å². The molecule has 3 aromatic rings. The van der Waals surface area contributed by atoms with Crippen LogP contribution >= 0.6 is 0 Å². The summed E-state index contributed by atoms with van der Waals surface area (Å²) in [4.78, 5) is 14.1. The number of methoxy groups -OCH3 is 1. The molecule has 0 bridgehead atoms. The Morgan fingerprint density at radius 2 is 1.48 bits per heavy atom. The van der Waals surface area contributed by atoms with E-state index in [-0.39, 0.29) is 22.8 Å². The molecule has 1 aliphatic carbocycles. The summed E-state index contributed by atoms with van der Waals surface area (Å²) >= 11 is 0. The van der Waals surface area contributed by atoms with Crippen molar-refractivity contribution in [2.24, 2.45) is 0 Å². The zero-order chi connectivity index (χ0) is 32.9. The Kier molecular flexibility index (Phi) is 9.02. The summed E-state index contributed by atoms with van der Waals surface area (Å²) in [6, 6.07) is 14.0. The van der Waals surface area contributed by atoms with Crippen LogP contribution in [0.1, 0.15) is 15.9 Å². The molecule has 46 heavy (non-hydrogen) atoms. The molecule has 2 aliphatic heterocycles. The number of ether oxygens (including phenoxy) is 5. The van der Waals surface area contributed by atoms with Crippen LogP contribution in [0, 0.1) is 0 Å². The quantitative estimate of drug-likeness (QED) is 0.154. The summed E-state index contributed by atoms with van der Waals surface area (Å²) in [7, 11) is 1.38. The molecule has 2 saturated heterocycles. The molecule has 3 aliphatic rings. The molecule has 10 atom stereocenters. The number of aliphatic hydroxyl groups is 7. The lowest BCUT2D eigenvalue weighted by molar-refractivity contribution is -0.356. The predicted octanol–water partition coefficient (Wildman–Crippen LogP) is -0.601. The van der Waals surface area contributed by atoms with E-state index in [1.54, 1.807) is 12.1 Å². The van der Waals surface area contributed by atoms with Crippen molar-refractivity contribution in [2.45, 2.75) is 61.4 Å².